The van der Waals surface area contributed by atoms with Gasteiger partial charge in [0.1, 0.15) is 0 Å². The average molecular weight is 220 g/mol. The fraction of sp³-hybridized carbons (Fsp3) is 0.538. The van der Waals surface area contributed by atoms with Gasteiger partial charge in [0.15, 0.2) is 0 Å². The van der Waals surface area contributed by atoms with E-state index in [0.717, 1.165) is 26.3 Å². The van der Waals surface area contributed by atoms with Crippen LogP contribution in [-0.2, 0) is 11.3 Å². The zero-order valence-electron chi connectivity index (χ0n) is 9.86. The number of nitrogens with two attached hydrogens (primary N) is 1. The van der Waals surface area contributed by atoms with Gasteiger partial charge in [-0.3, -0.25) is 4.90 Å². The van der Waals surface area contributed by atoms with E-state index in [0.29, 0.717) is 12.6 Å². The van der Waals surface area contributed by atoms with E-state index in [1.54, 1.807) is 0 Å². The molecule has 0 bridgehead atoms. The molecule has 1 atom stereocenters. The van der Waals surface area contributed by atoms with Crippen LogP contribution >= 0.6 is 0 Å². The van der Waals surface area contributed by atoms with Gasteiger partial charge in [0, 0.05) is 25.7 Å². The molecule has 1 aliphatic heterocycles. The molecule has 0 saturated carbocycles. The van der Waals surface area contributed by atoms with E-state index < -0.39 is 0 Å². The third-order valence-corrected chi connectivity index (χ3v) is 3.29. The van der Waals surface area contributed by atoms with E-state index in [2.05, 4.69) is 36.1 Å². The molecule has 0 aliphatic carbocycles. The van der Waals surface area contributed by atoms with Crippen LogP contribution in [0.15, 0.2) is 24.3 Å². The number of morpholine rings is 1. The Morgan fingerprint density at radius 1 is 1.25 bits per heavy atom. The molecular weight excluding hydrogens is 200 g/mol. The molecule has 1 aromatic rings. The van der Waals surface area contributed by atoms with E-state index in [4.69, 9.17) is 10.5 Å². The molecule has 1 heterocycles. The smallest absolute Gasteiger partial charge is 0.0594 e. The number of rotatable bonds is 3. The van der Waals surface area contributed by atoms with Gasteiger partial charge in [-0.25, -0.2) is 0 Å². The van der Waals surface area contributed by atoms with Crippen LogP contribution < -0.4 is 5.73 Å². The largest absolute Gasteiger partial charge is 0.379 e. The maximum absolute atomic E-state index is 5.59. The van der Waals surface area contributed by atoms with Crippen LogP contribution in [0.2, 0.25) is 0 Å². The Hall–Kier alpha value is -0.900. The zero-order chi connectivity index (χ0) is 11.4. The van der Waals surface area contributed by atoms with Gasteiger partial charge in [0.25, 0.3) is 0 Å². The lowest BCUT2D eigenvalue weighted by Crippen LogP contribution is -2.38. The van der Waals surface area contributed by atoms with Crippen molar-refractivity contribution in [2.45, 2.75) is 19.5 Å². The highest BCUT2D eigenvalue weighted by molar-refractivity contribution is 5.24. The van der Waals surface area contributed by atoms with Crippen LogP contribution in [0.25, 0.3) is 0 Å². The fourth-order valence-corrected chi connectivity index (χ4v) is 2.11. The van der Waals surface area contributed by atoms with E-state index >= 15 is 0 Å². The lowest BCUT2D eigenvalue weighted by molar-refractivity contribution is 0.0198. The Kier molecular flexibility index (Phi) is 3.93. The van der Waals surface area contributed by atoms with Gasteiger partial charge in [-0.15, -0.1) is 0 Å². The van der Waals surface area contributed by atoms with Gasteiger partial charge in [-0.2, -0.15) is 0 Å². The number of benzene rings is 1. The Morgan fingerprint density at radius 2 is 1.88 bits per heavy atom. The summed E-state index contributed by atoms with van der Waals surface area (Å²) in [6.07, 6.45) is 0. The normalized spacial score (nSPS) is 19.6. The summed E-state index contributed by atoms with van der Waals surface area (Å²) in [5, 5.41) is 0. The quantitative estimate of drug-likeness (QED) is 0.839. The molecule has 0 amide bonds. The second-order valence-electron chi connectivity index (χ2n) is 4.27. The van der Waals surface area contributed by atoms with Gasteiger partial charge >= 0.3 is 0 Å². The van der Waals surface area contributed by atoms with Crippen molar-refractivity contribution in [1.82, 2.24) is 4.90 Å². The van der Waals surface area contributed by atoms with Gasteiger partial charge in [-0.1, -0.05) is 24.3 Å². The molecule has 1 aromatic carbocycles. The molecule has 0 spiro atoms. The summed E-state index contributed by atoms with van der Waals surface area (Å²) < 4.78 is 5.36. The van der Waals surface area contributed by atoms with Crippen LogP contribution in [0.1, 0.15) is 24.1 Å². The number of ether oxygens (including phenoxy) is 1. The minimum Gasteiger partial charge on any atom is -0.379 e. The topological polar surface area (TPSA) is 38.5 Å². The third kappa shape index (κ3) is 2.61. The first kappa shape index (κ1) is 11.6. The molecule has 1 unspecified atom stereocenters. The van der Waals surface area contributed by atoms with Crippen molar-refractivity contribution < 1.29 is 4.74 Å². The lowest BCUT2D eigenvalue weighted by Gasteiger charge is -2.32. The molecule has 16 heavy (non-hydrogen) atoms. The molecule has 2 rings (SSSR count). The molecule has 0 aromatic heterocycles. The minimum absolute atomic E-state index is 0.468. The molecule has 1 saturated heterocycles. The summed E-state index contributed by atoms with van der Waals surface area (Å²) in [6, 6.07) is 9.07. The third-order valence-electron chi connectivity index (χ3n) is 3.29. The molecule has 88 valence electrons. The first-order valence-corrected chi connectivity index (χ1v) is 5.92. The Morgan fingerprint density at radius 3 is 2.44 bits per heavy atom. The molecule has 3 heteroatoms. The second-order valence-corrected chi connectivity index (χ2v) is 4.27. The maximum atomic E-state index is 5.59. The zero-order valence-corrected chi connectivity index (χ0v) is 9.86. The first-order chi connectivity index (χ1) is 7.81. The standard InChI is InChI=1S/C13H20N2O/c1-11(15-6-8-16-9-7-15)13-4-2-12(10-14)3-5-13/h2-5,11H,6-10,14H2,1H3. The SMILES string of the molecule is CC(c1ccc(CN)cc1)N1CCOCC1. The van der Waals surface area contributed by atoms with Crippen LogP contribution in [0, 0.1) is 0 Å². The van der Waals surface area contributed by atoms with E-state index in [9.17, 15) is 0 Å². The summed E-state index contributed by atoms with van der Waals surface area (Å²) in [5.41, 5.74) is 8.14. The van der Waals surface area contributed by atoms with Crippen molar-refractivity contribution in [3.8, 4) is 0 Å². The summed E-state index contributed by atoms with van der Waals surface area (Å²) in [7, 11) is 0. The molecule has 3 nitrogen and oxygen atoms in total. The summed E-state index contributed by atoms with van der Waals surface area (Å²) in [6.45, 7) is 6.63. The summed E-state index contributed by atoms with van der Waals surface area (Å²) >= 11 is 0. The number of hydrogen-bond donors (Lipinski definition) is 1. The van der Waals surface area contributed by atoms with Crippen LogP contribution in [0.4, 0.5) is 0 Å². The highest BCUT2D eigenvalue weighted by Gasteiger charge is 2.17. The number of hydrogen-bond acceptors (Lipinski definition) is 3. The van der Waals surface area contributed by atoms with Gasteiger partial charge in [0.05, 0.1) is 13.2 Å². The van der Waals surface area contributed by atoms with E-state index in [-0.39, 0.29) is 0 Å². The Labute approximate surface area is 97.2 Å². The van der Waals surface area contributed by atoms with Crippen LogP contribution in [-0.4, -0.2) is 31.2 Å². The minimum atomic E-state index is 0.468. The summed E-state index contributed by atoms with van der Waals surface area (Å²) in [4.78, 5) is 2.46. The molecule has 0 radical (unpaired) electrons. The summed E-state index contributed by atoms with van der Waals surface area (Å²) in [5.74, 6) is 0. The van der Waals surface area contributed by atoms with Gasteiger partial charge < -0.3 is 10.5 Å². The molecular formula is C13H20N2O. The first-order valence-electron chi connectivity index (χ1n) is 5.92. The van der Waals surface area contributed by atoms with Crippen molar-refractivity contribution in [2.24, 2.45) is 5.73 Å². The van der Waals surface area contributed by atoms with Crippen LogP contribution in [0.5, 0.6) is 0 Å². The molecule has 1 fully saturated rings. The Balaban J connectivity index is 2.04. The van der Waals surface area contributed by atoms with Crippen molar-refractivity contribution in [2.75, 3.05) is 26.3 Å². The van der Waals surface area contributed by atoms with Crippen molar-refractivity contribution in [3.63, 3.8) is 0 Å². The van der Waals surface area contributed by atoms with E-state index in [1.165, 1.54) is 11.1 Å². The van der Waals surface area contributed by atoms with Gasteiger partial charge in [0.2, 0.25) is 0 Å². The Bertz CT molecular complexity index is 317. The predicted octanol–water partition coefficient (Wildman–Crippen LogP) is 1.54. The lowest BCUT2D eigenvalue weighted by atomic mass is 10.0. The van der Waals surface area contributed by atoms with Crippen molar-refractivity contribution in [1.29, 1.82) is 0 Å². The van der Waals surface area contributed by atoms with Gasteiger partial charge in [-0.05, 0) is 18.1 Å². The predicted molar refractivity (Wildman–Crippen MR) is 65.1 cm³/mol. The van der Waals surface area contributed by atoms with E-state index in [1.807, 2.05) is 0 Å². The highest BCUT2D eigenvalue weighted by atomic mass is 16.5. The average Bonchev–Trinajstić information content (AvgIpc) is 2.39. The fourth-order valence-electron chi connectivity index (χ4n) is 2.11. The molecule has 1 aliphatic rings. The monoisotopic (exact) mass is 220 g/mol. The molecule has 2 N–H and O–H groups in total. The van der Waals surface area contributed by atoms with Crippen molar-refractivity contribution in [3.05, 3.63) is 35.4 Å². The van der Waals surface area contributed by atoms with Crippen LogP contribution in [0.3, 0.4) is 0 Å². The maximum Gasteiger partial charge on any atom is 0.0594 e. The number of nitrogens with zero attached hydrogens (tertiary/aromatic N) is 1. The highest BCUT2D eigenvalue weighted by Crippen LogP contribution is 2.21. The van der Waals surface area contributed by atoms with Crippen molar-refractivity contribution >= 4 is 0 Å². The second kappa shape index (κ2) is 5.43.